The summed E-state index contributed by atoms with van der Waals surface area (Å²) in [5.74, 6) is -0.381. The smallest absolute Gasteiger partial charge is 0.363 e. The third-order valence-electron chi connectivity index (χ3n) is 5.53. The lowest BCUT2D eigenvalue weighted by molar-refractivity contribution is -0.173. The Labute approximate surface area is 178 Å². The van der Waals surface area contributed by atoms with Gasteiger partial charge in [0.15, 0.2) is 11.7 Å². The Bertz CT molecular complexity index is 1120. The summed E-state index contributed by atoms with van der Waals surface area (Å²) in [6, 6.07) is 11.9. The molecule has 0 fully saturated rings. The van der Waals surface area contributed by atoms with Crippen molar-refractivity contribution in [3.63, 3.8) is 0 Å². The van der Waals surface area contributed by atoms with Gasteiger partial charge in [0.25, 0.3) is 5.91 Å². The molecule has 2 heterocycles. The Morgan fingerprint density at radius 2 is 1.74 bits per heavy atom. The molecular weight excluding hydrogens is 405 g/mol. The molecule has 3 aromatic rings. The van der Waals surface area contributed by atoms with Crippen LogP contribution >= 0.6 is 0 Å². The first kappa shape index (κ1) is 21.0. The van der Waals surface area contributed by atoms with Gasteiger partial charge in [-0.3, -0.25) is 4.79 Å². The summed E-state index contributed by atoms with van der Waals surface area (Å²) in [7, 11) is 0. The molecule has 0 bridgehead atoms. The van der Waals surface area contributed by atoms with E-state index < -0.39 is 24.2 Å². The second-order valence-electron chi connectivity index (χ2n) is 8.03. The molecule has 0 spiro atoms. The van der Waals surface area contributed by atoms with E-state index >= 15 is 0 Å². The highest BCUT2D eigenvalue weighted by atomic mass is 19.4. The van der Waals surface area contributed by atoms with Crippen LogP contribution in [0.5, 0.6) is 0 Å². The van der Waals surface area contributed by atoms with E-state index in [1.807, 2.05) is 57.2 Å². The highest BCUT2D eigenvalue weighted by molar-refractivity contribution is 6.03. The molecule has 1 aromatic heterocycles. The van der Waals surface area contributed by atoms with E-state index in [0.29, 0.717) is 5.69 Å². The molecule has 0 saturated carbocycles. The number of amides is 1. The van der Waals surface area contributed by atoms with Gasteiger partial charge >= 0.3 is 6.18 Å². The molecule has 162 valence electrons. The van der Waals surface area contributed by atoms with Crippen LogP contribution in [-0.4, -0.2) is 21.9 Å². The van der Waals surface area contributed by atoms with E-state index in [-0.39, 0.29) is 17.9 Å². The molecule has 1 aliphatic heterocycles. The molecule has 31 heavy (non-hydrogen) atoms. The van der Waals surface area contributed by atoms with Gasteiger partial charge in [0.1, 0.15) is 5.82 Å². The van der Waals surface area contributed by atoms with Crippen molar-refractivity contribution in [3.05, 3.63) is 76.5 Å². The number of aryl methyl sites for hydroxylation is 3. The van der Waals surface area contributed by atoms with E-state index in [9.17, 15) is 18.0 Å². The van der Waals surface area contributed by atoms with Gasteiger partial charge in [-0.2, -0.15) is 18.3 Å². The summed E-state index contributed by atoms with van der Waals surface area (Å²) in [5.41, 5.74) is 4.23. The molecule has 2 atom stereocenters. The average molecular weight is 428 g/mol. The lowest BCUT2D eigenvalue weighted by atomic mass is 9.96. The Hall–Kier alpha value is -3.29. The number of rotatable bonds is 3. The fraction of sp³-hybridized carbons (Fsp3) is 0.304. The second-order valence-corrected chi connectivity index (χ2v) is 8.03. The number of benzene rings is 2. The predicted molar refractivity (Wildman–Crippen MR) is 113 cm³/mol. The highest BCUT2D eigenvalue weighted by Crippen LogP contribution is 2.43. The molecule has 0 unspecified atom stereocenters. The lowest BCUT2D eigenvalue weighted by Gasteiger charge is -2.33. The first-order valence-corrected chi connectivity index (χ1v) is 10.00. The normalized spacial score (nSPS) is 18.3. The monoisotopic (exact) mass is 428 g/mol. The largest absolute Gasteiger partial charge is 0.410 e. The molecular formula is C23H23F3N4O. The second kappa shape index (κ2) is 7.76. The van der Waals surface area contributed by atoms with Crippen LogP contribution in [0.3, 0.4) is 0 Å². The van der Waals surface area contributed by atoms with Crippen LogP contribution in [0, 0.1) is 20.8 Å². The summed E-state index contributed by atoms with van der Waals surface area (Å²) < 4.78 is 42.4. The van der Waals surface area contributed by atoms with Crippen LogP contribution < -0.4 is 10.6 Å². The van der Waals surface area contributed by atoms with E-state index in [1.54, 1.807) is 6.07 Å². The first-order chi connectivity index (χ1) is 14.6. The maximum absolute atomic E-state index is 13.8. The van der Waals surface area contributed by atoms with Crippen molar-refractivity contribution in [2.75, 3.05) is 10.6 Å². The average Bonchev–Trinajstić information content (AvgIpc) is 3.13. The third-order valence-corrected chi connectivity index (χ3v) is 5.53. The van der Waals surface area contributed by atoms with Crippen molar-refractivity contribution in [2.24, 2.45) is 0 Å². The number of aromatic nitrogens is 2. The summed E-state index contributed by atoms with van der Waals surface area (Å²) in [4.78, 5) is 12.7. The Morgan fingerprint density at radius 1 is 1.06 bits per heavy atom. The molecule has 0 radical (unpaired) electrons. The van der Waals surface area contributed by atoms with Crippen molar-refractivity contribution in [3.8, 4) is 0 Å². The number of anilines is 2. The maximum atomic E-state index is 13.8. The van der Waals surface area contributed by atoms with Gasteiger partial charge in [0, 0.05) is 18.2 Å². The molecule has 0 aliphatic carbocycles. The first-order valence-electron chi connectivity index (χ1n) is 10.00. The van der Waals surface area contributed by atoms with Crippen molar-refractivity contribution in [1.29, 1.82) is 0 Å². The molecule has 5 nitrogen and oxygen atoms in total. The fourth-order valence-electron chi connectivity index (χ4n) is 3.84. The van der Waals surface area contributed by atoms with Gasteiger partial charge < -0.3 is 10.6 Å². The summed E-state index contributed by atoms with van der Waals surface area (Å²) >= 11 is 0. The van der Waals surface area contributed by atoms with Gasteiger partial charge in [-0.05, 0) is 38.0 Å². The standard InChI is InChI=1S/C23H23F3N4O/c1-13-4-7-16(8-5-13)18-11-20(23(24,25)26)30-21(27-18)12-19(29-30)22(31)28-17-9-6-14(2)10-15(17)3/h4-10,12,18,20,27H,11H2,1-3H3,(H,28,31)/t18-,20+/m0/s1. The molecule has 2 N–H and O–H groups in total. The Balaban J connectivity index is 1.64. The molecule has 0 saturated heterocycles. The number of halogens is 3. The van der Waals surface area contributed by atoms with Gasteiger partial charge in [0.05, 0.1) is 6.04 Å². The van der Waals surface area contributed by atoms with Crippen molar-refractivity contribution < 1.29 is 18.0 Å². The van der Waals surface area contributed by atoms with E-state index in [4.69, 9.17) is 0 Å². The number of carbonyl (C=O) groups excluding carboxylic acids is 1. The van der Waals surface area contributed by atoms with Crippen LogP contribution in [0.25, 0.3) is 0 Å². The van der Waals surface area contributed by atoms with Gasteiger partial charge in [-0.15, -0.1) is 0 Å². The molecule has 8 heteroatoms. The predicted octanol–water partition coefficient (Wildman–Crippen LogP) is 5.72. The van der Waals surface area contributed by atoms with Gasteiger partial charge in [0.2, 0.25) is 0 Å². The number of hydrogen-bond donors (Lipinski definition) is 2. The molecule has 4 rings (SSSR count). The number of nitrogens with zero attached hydrogens (tertiary/aromatic N) is 2. The van der Waals surface area contributed by atoms with Crippen molar-refractivity contribution >= 4 is 17.4 Å². The quantitative estimate of drug-likeness (QED) is 0.561. The van der Waals surface area contributed by atoms with E-state index in [1.165, 1.54) is 6.07 Å². The number of carbonyl (C=O) groups is 1. The third kappa shape index (κ3) is 4.28. The number of hydrogen-bond acceptors (Lipinski definition) is 3. The molecule has 2 aromatic carbocycles. The van der Waals surface area contributed by atoms with Crippen molar-refractivity contribution in [1.82, 2.24) is 9.78 Å². The summed E-state index contributed by atoms with van der Waals surface area (Å²) in [6.45, 7) is 5.72. The zero-order valence-electron chi connectivity index (χ0n) is 17.4. The van der Waals surface area contributed by atoms with Gasteiger partial charge in [-0.25, -0.2) is 4.68 Å². The maximum Gasteiger partial charge on any atom is 0.410 e. The van der Waals surface area contributed by atoms with Crippen LogP contribution in [-0.2, 0) is 0 Å². The topological polar surface area (TPSA) is 59.0 Å². The zero-order valence-corrected chi connectivity index (χ0v) is 17.4. The summed E-state index contributed by atoms with van der Waals surface area (Å²) in [5, 5.41) is 9.86. The van der Waals surface area contributed by atoms with Gasteiger partial charge in [-0.1, -0.05) is 47.5 Å². The van der Waals surface area contributed by atoms with Crippen LogP contribution in [0.1, 0.15) is 51.2 Å². The van der Waals surface area contributed by atoms with Crippen LogP contribution in [0.4, 0.5) is 24.7 Å². The molecule has 1 aliphatic rings. The van der Waals surface area contributed by atoms with E-state index in [0.717, 1.165) is 26.9 Å². The zero-order chi connectivity index (χ0) is 22.3. The minimum absolute atomic E-state index is 0.0683. The number of nitrogens with one attached hydrogen (secondary N) is 2. The minimum Gasteiger partial charge on any atom is -0.363 e. The highest BCUT2D eigenvalue weighted by Gasteiger charge is 2.46. The Morgan fingerprint density at radius 3 is 2.39 bits per heavy atom. The van der Waals surface area contributed by atoms with Crippen LogP contribution in [0.15, 0.2) is 48.5 Å². The lowest BCUT2D eigenvalue weighted by Crippen LogP contribution is -2.35. The molecule has 1 amide bonds. The summed E-state index contributed by atoms with van der Waals surface area (Å²) in [6.07, 6.45) is -4.70. The Kier molecular flexibility index (Phi) is 5.24. The van der Waals surface area contributed by atoms with Crippen LogP contribution in [0.2, 0.25) is 0 Å². The minimum atomic E-state index is -4.49. The van der Waals surface area contributed by atoms with E-state index in [2.05, 4.69) is 15.7 Å². The SMILES string of the molecule is Cc1ccc([C@@H]2C[C@H](C(F)(F)F)n3nc(C(=O)Nc4ccc(C)cc4C)cc3N2)cc1. The van der Waals surface area contributed by atoms with Crippen molar-refractivity contribution in [2.45, 2.75) is 45.5 Å². The fourth-order valence-corrected chi connectivity index (χ4v) is 3.84. The number of fused-ring (bicyclic) bond motifs is 1. The number of alkyl halides is 3.